The summed E-state index contributed by atoms with van der Waals surface area (Å²) >= 11 is 0. The molecule has 2 aromatic carbocycles. The van der Waals surface area contributed by atoms with Crippen molar-refractivity contribution in [2.75, 3.05) is 6.54 Å². The second-order valence-corrected chi connectivity index (χ2v) is 4.24. The van der Waals surface area contributed by atoms with Gasteiger partial charge >= 0.3 is 0 Å². The minimum absolute atomic E-state index is 0. The molecule has 10 N–H and O–H groups in total. The van der Waals surface area contributed by atoms with Gasteiger partial charge in [-0.1, -0.05) is 60.7 Å². The van der Waals surface area contributed by atoms with E-state index in [1.807, 2.05) is 36.4 Å². The largest absolute Gasteiger partial charge is 0.344 e. The minimum Gasteiger partial charge on any atom is -0.344 e. The van der Waals surface area contributed by atoms with E-state index >= 15 is 0 Å². The van der Waals surface area contributed by atoms with Gasteiger partial charge in [-0.25, -0.2) is 0 Å². The van der Waals surface area contributed by atoms with Crippen LogP contribution in [0.1, 0.15) is 17.5 Å². The van der Waals surface area contributed by atoms with Gasteiger partial charge in [0.1, 0.15) is 0 Å². The summed E-state index contributed by atoms with van der Waals surface area (Å²) in [5, 5.41) is 0. The fraction of sp³-hybridized carbons (Fsp3) is 0.200. The number of benzene rings is 2. The molecule has 0 bridgehead atoms. The molecule has 0 aliphatic heterocycles. The molecule has 0 fully saturated rings. The van der Waals surface area contributed by atoms with Gasteiger partial charge in [0.15, 0.2) is 0 Å². The molecule has 0 radical (unpaired) electrons. The number of hydrogen-bond donors (Lipinski definition) is 4. The molecule has 0 aliphatic carbocycles. The van der Waals surface area contributed by atoms with Gasteiger partial charge < -0.3 is 23.8 Å². The average molecular weight is 260 g/mol. The van der Waals surface area contributed by atoms with E-state index in [-0.39, 0.29) is 12.3 Å². The summed E-state index contributed by atoms with van der Waals surface area (Å²) in [4.78, 5) is 0. The quantitative estimate of drug-likeness (QED) is 0.674. The third-order valence-electron chi connectivity index (χ3n) is 3.12. The standard InChI is InChI=1S/C15H18N2.2H3N/c16-12-11-15(17,13-7-3-1-4-8-13)14-9-5-2-6-10-14;;/h1-10H,11-12,16-17H2;2*1H3. The van der Waals surface area contributed by atoms with Crippen LogP contribution in [0.2, 0.25) is 0 Å². The van der Waals surface area contributed by atoms with Crippen molar-refractivity contribution in [3.8, 4) is 0 Å². The Labute approximate surface area is 115 Å². The maximum atomic E-state index is 6.57. The van der Waals surface area contributed by atoms with Gasteiger partial charge in [-0.2, -0.15) is 0 Å². The van der Waals surface area contributed by atoms with E-state index < -0.39 is 5.54 Å². The summed E-state index contributed by atoms with van der Waals surface area (Å²) in [6.45, 7) is 0.570. The van der Waals surface area contributed by atoms with Crippen molar-refractivity contribution in [2.45, 2.75) is 12.0 Å². The molecule has 0 unspecified atom stereocenters. The third-order valence-corrected chi connectivity index (χ3v) is 3.12. The second-order valence-electron chi connectivity index (χ2n) is 4.24. The van der Waals surface area contributed by atoms with E-state index in [2.05, 4.69) is 24.3 Å². The van der Waals surface area contributed by atoms with Crippen LogP contribution in [0.5, 0.6) is 0 Å². The van der Waals surface area contributed by atoms with Crippen molar-refractivity contribution in [1.82, 2.24) is 12.3 Å². The highest BCUT2D eigenvalue weighted by Gasteiger charge is 2.28. The molecule has 0 saturated carbocycles. The molecule has 104 valence electrons. The maximum Gasteiger partial charge on any atom is 0.0677 e. The zero-order chi connectivity index (χ0) is 12.1. The predicted octanol–water partition coefficient (Wildman–Crippen LogP) is 2.56. The monoisotopic (exact) mass is 260 g/mol. The normalized spacial score (nSPS) is 10.2. The molecule has 4 nitrogen and oxygen atoms in total. The molecule has 0 heterocycles. The Morgan fingerprint density at radius 3 is 1.42 bits per heavy atom. The van der Waals surface area contributed by atoms with Crippen LogP contribution in [0.15, 0.2) is 60.7 Å². The van der Waals surface area contributed by atoms with Crippen LogP contribution in [-0.2, 0) is 5.54 Å². The number of hydrogen-bond acceptors (Lipinski definition) is 4. The molecule has 0 aliphatic rings. The highest BCUT2D eigenvalue weighted by atomic mass is 14.8. The van der Waals surface area contributed by atoms with Crippen molar-refractivity contribution in [3.05, 3.63) is 71.8 Å². The number of nitrogens with two attached hydrogens (primary N) is 2. The summed E-state index contributed by atoms with van der Waals surface area (Å²) in [5.41, 5.74) is 14.0. The Balaban J connectivity index is 0.00000162. The minimum atomic E-state index is -0.489. The lowest BCUT2D eigenvalue weighted by Crippen LogP contribution is -2.39. The van der Waals surface area contributed by atoms with Gasteiger partial charge in [0, 0.05) is 0 Å². The lowest BCUT2D eigenvalue weighted by molar-refractivity contribution is 0.500. The Hall–Kier alpha value is -1.72. The van der Waals surface area contributed by atoms with Crippen LogP contribution >= 0.6 is 0 Å². The van der Waals surface area contributed by atoms with Gasteiger partial charge in [-0.3, -0.25) is 0 Å². The third kappa shape index (κ3) is 3.62. The van der Waals surface area contributed by atoms with Gasteiger partial charge in [0.05, 0.1) is 5.54 Å². The van der Waals surface area contributed by atoms with Crippen LogP contribution in [0.25, 0.3) is 0 Å². The summed E-state index contributed by atoms with van der Waals surface area (Å²) in [7, 11) is 0. The van der Waals surface area contributed by atoms with Crippen molar-refractivity contribution < 1.29 is 0 Å². The lowest BCUT2D eigenvalue weighted by atomic mass is 9.81. The van der Waals surface area contributed by atoms with Crippen LogP contribution in [-0.4, -0.2) is 6.54 Å². The first-order chi connectivity index (χ1) is 8.27. The van der Waals surface area contributed by atoms with Gasteiger partial charge in [0.25, 0.3) is 0 Å². The van der Waals surface area contributed by atoms with Crippen LogP contribution < -0.4 is 23.8 Å². The smallest absolute Gasteiger partial charge is 0.0677 e. The molecule has 0 saturated heterocycles. The summed E-state index contributed by atoms with van der Waals surface area (Å²) in [5.74, 6) is 0. The van der Waals surface area contributed by atoms with E-state index in [1.54, 1.807) is 0 Å². The zero-order valence-corrected chi connectivity index (χ0v) is 11.3. The topological polar surface area (TPSA) is 122 Å². The molecule has 0 spiro atoms. The van der Waals surface area contributed by atoms with Gasteiger partial charge in [-0.15, -0.1) is 0 Å². The summed E-state index contributed by atoms with van der Waals surface area (Å²) < 4.78 is 0. The van der Waals surface area contributed by atoms with E-state index in [4.69, 9.17) is 11.5 Å². The summed E-state index contributed by atoms with van der Waals surface area (Å²) in [6.07, 6.45) is 0.737. The Morgan fingerprint density at radius 2 is 1.11 bits per heavy atom. The molecule has 0 aromatic heterocycles. The highest BCUT2D eigenvalue weighted by molar-refractivity contribution is 5.37. The van der Waals surface area contributed by atoms with Crippen LogP contribution in [0, 0.1) is 0 Å². The fourth-order valence-corrected chi connectivity index (χ4v) is 2.15. The molecule has 4 heteroatoms. The molecule has 0 atom stereocenters. The van der Waals surface area contributed by atoms with E-state index in [0.717, 1.165) is 17.5 Å². The van der Waals surface area contributed by atoms with E-state index in [0.29, 0.717) is 6.54 Å². The van der Waals surface area contributed by atoms with Gasteiger partial charge in [-0.05, 0) is 24.1 Å². The molecule has 2 rings (SSSR count). The van der Waals surface area contributed by atoms with Crippen LogP contribution in [0.3, 0.4) is 0 Å². The van der Waals surface area contributed by atoms with Crippen LogP contribution in [0.4, 0.5) is 0 Å². The Bertz CT molecular complexity index is 417. The predicted molar refractivity (Wildman–Crippen MR) is 81.6 cm³/mol. The Kier molecular flexibility index (Phi) is 6.96. The first kappa shape index (κ1) is 17.3. The average Bonchev–Trinajstić information content (AvgIpc) is 2.41. The molecular formula is C15H24N4. The van der Waals surface area contributed by atoms with Crippen molar-refractivity contribution in [3.63, 3.8) is 0 Å². The molecule has 0 amide bonds. The second kappa shape index (κ2) is 7.66. The van der Waals surface area contributed by atoms with E-state index in [1.165, 1.54) is 0 Å². The molecular weight excluding hydrogens is 236 g/mol. The Morgan fingerprint density at radius 1 is 0.737 bits per heavy atom. The van der Waals surface area contributed by atoms with Crippen molar-refractivity contribution in [2.24, 2.45) is 11.5 Å². The SMILES string of the molecule is N.N.NCCC(N)(c1ccccc1)c1ccccc1. The zero-order valence-electron chi connectivity index (χ0n) is 11.3. The molecule has 2 aromatic rings. The first-order valence-electron chi connectivity index (χ1n) is 5.87. The first-order valence-corrected chi connectivity index (χ1v) is 5.87. The maximum absolute atomic E-state index is 6.57. The fourth-order valence-electron chi connectivity index (χ4n) is 2.15. The number of rotatable bonds is 4. The molecule has 19 heavy (non-hydrogen) atoms. The summed E-state index contributed by atoms with van der Waals surface area (Å²) in [6, 6.07) is 20.3. The van der Waals surface area contributed by atoms with E-state index in [9.17, 15) is 0 Å². The van der Waals surface area contributed by atoms with Crippen molar-refractivity contribution >= 4 is 0 Å². The highest BCUT2D eigenvalue weighted by Crippen LogP contribution is 2.29. The van der Waals surface area contributed by atoms with Crippen molar-refractivity contribution in [1.29, 1.82) is 0 Å². The lowest BCUT2D eigenvalue weighted by Gasteiger charge is -2.30. The van der Waals surface area contributed by atoms with Gasteiger partial charge in [0.2, 0.25) is 0 Å².